The van der Waals surface area contributed by atoms with Gasteiger partial charge in [-0.15, -0.1) is 0 Å². The molecule has 3 nitrogen and oxygen atoms in total. The van der Waals surface area contributed by atoms with Crippen molar-refractivity contribution in [1.82, 2.24) is 0 Å². The van der Waals surface area contributed by atoms with Crippen LogP contribution in [0.15, 0.2) is 24.3 Å². The van der Waals surface area contributed by atoms with E-state index >= 15 is 0 Å². The number of esters is 1. The summed E-state index contributed by atoms with van der Waals surface area (Å²) in [7, 11) is 1.35. The number of aliphatic hydroxyl groups is 1. The number of benzene rings is 1. The van der Waals surface area contributed by atoms with Gasteiger partial charge in [0, 0.05) is 6.42 Å². The summed E-state index contributed by atoms with van der Waals surface area (Å²) in [6.07, 6.45) is 0.505. The lowest BCUT2D eigenvalue weighted by atomic mass is 9.60. The maximum absolute atomic E-state index is 11.7. The third kappa shape index (κ3) is 1.21. The van der Waals surface area contributed by atoms with E-state index in [9.17, 15) is 9.90 Å². The van der Waals surface area contributed by atoms with Crippen molar-refractivity contribution in [3.63, 3.8) is 0 Å². The number of rotatable bonds is 2. The molecule has 1 aromatic carbocycles. The van der Waals surface area contributed by atoms with Gasteiger partial charge in [-0.05, 0) is 25.0 Å². The van der Waals surface area contributed by atoms with E-state index in [-0.39, 0.29) is 5.97 Å². The second-order valence-corrected chi connectivity index (χ2v) is 4.81. The summed E-state index contributed by atoms with van der Waals surface area (Å²) in [6.45, 7) is 3.43. The highest BCUT2D eigenvalue weighted by Crippen LogP contribution is 2.50. The molecular weight excluding hydrogens is 204 g/mol. The summed E-state index contributed by atoms with van der Waals surface area (Å²) in [5.41, 5.74) is -0.0837. The molecule has 1 aliphatic rings. The van der Waals surface area contributed by atoms with E-state index in [2.05, 4.69) is 0 Å². The number of methoxy groups -OCH3 is 1. The number of hydrogen-bond acceptors (Lipinski definition) is 3. The molecule has 0 saturated heterocycles. The van der Waals surface area contributed by atoms with Crippen molar-refractivity contribution >= 4 is 5.97 Å². The zero-order chi connectivity index (χ0) is 12.0. The fourth-order valence-electron chi connectivity index (χ4n) is 2.32. The zero-order valence-electron chi connectivity index (χ0n) is 9.78. The van der Waals surface area contributed by atoms with Crippen molar-refractivity contribution in [3.05, 3.63) is 35.4 Å². The number of hydrogen-bond donors (Lipinski definition) is 1. The molecule has 1 N–H and O–H groups in total. The van der Waals surface area contributed by atoms with Crippen LogP contribution < -0.4 is 0 Å². The lowest BCUT2D eigenvalue weighted by Crippen LogP contribution is -2.54. The Balaban J connectivity index is 2.41. The highest BCUT2D eigenvalue weighted by molar-refractivity contribution is 5.79. The van der Waals surface area contributed by atoms with Crippen LogP contribution in [0.3, 0.4) is 0 Å². The molecule has 0 amide bonds. The van der Waals surface area contributed by atoms with Crippen LogP contribution in [-0.4, -0.2) is 18.2 Å². The Bertz CT molecular complexity index is 437. The predicted octanol–water partition coefficient (Wildman–Crippen LogP) is 1.63. The molecule has 86 valence electrons. The highest BCUT2D eigenvalue weighted by Gasteiger charge is 2.56. The molecule has 0 radical (unpaired) electrons. The molecule has 0 fully saturated rings. The molecule has 1 atom stereocenters. The molecule has 0 aliphatic heterocycles. The minimum atomic E-state index is -1.10. The Morgan fingerprint density at radius 3 is 2.62 bits per heavy atom. The first-order valence-electron chi connectivity index (χ1n) is 5.32. The van der Waals surface area contributed by atoms with Gasteiger partial charge in [-0.1, -0.05) is 24.3 Å². The summed E-state index contributed by atoms with van der Waals surface area (Å²) in [5, 5.41) is 10.6. The lowest BCUT2D eigenvalue weighted by Gasteiger charge is -2.48. The van der Waals surface area contributed by atoms with E-state index in [1.807, 2.05) is 24.3 Å². The Kier molecular flexibility index (Phi) is 2.31. The Morgan fingerprint density at radius 1 is 1.44 bits per heavy atom. The van der Waals surface area contributed by atoms with Crippen molar-refractivity contribution in [2.24, 2.45) is 5.41 Å². The van der Waals surface area contributed by atoms with Crippen LogP contribution in [0.4, 0.5) is 0 Å². The third-order valence-corrected chi connectivity index (χ3v) is 3.64. The first kappa shape index (κ1) is 11.1. The van der Waals surface area contributed by atoms with E-state index < -0.39 is 11.0 Å². The number of carbonyl (C=O) groups is 1. The molecule has 1 unspecified atom stereocenters. The average Bonchev–Trinajstić information content (AvgIpc) is 2.26. The van der Waals surface area contributed by atoms with Crippen LogP contribution >= 0.6 is 0 Å². The van der Waals surface area contributed by atoms with Gasteiger partial charge in [0.25, 0.3) is 0 Å². The van der Waals surface area contributed by atoms with Crippen LogP contribution in [0.2, 0.25) is 0 Å². The molecule has 0 aromatic heterocycles. The monoisotopic (exact) mass is 220 g/mol. The highest BCUT2D eigenvalue weighted by atomic mass is 16.5. The van der Waals surface area contributed by atoms with Gasteiger partial charge in [0.05, 0.1) is 12.5 Å². The molecule has 0 heterocycles. The summed E-state index contributed by atoms with van der Waals surface area (Å²) < 4.78 is 4.75. The average molecular weight is 220 g/mol. The standard InChI is InChI=1S/C13H16O3/c1-12(2,11(14)16-3)13(15)8-9-6-4-5-7-10(9)13/h4-7,15H,8H2,1-3H3. The molecular formula is C13H16O3. The second kappa shape index (κ2) is 3.32. The predicted molar refractivity (Wildman–Crippen MR) is 59.8 cm³/mol. The minimum Gasteiger partial charge on any atom is -0.469 e. The Morgan fingerprint density at radius 2 is 2.06 bits per heavy atom. The maximum Gasteiger partial charge on any atom is 0.314 e. The van der Waals surface area contributed by atoms with Gasteiger partial charge in [0.2, 0.25) is 0 Å². The molecule has 16 heavy (non-hydrogen) atoms. The normalized spacial score (nSPS) is 23.2. The summed E-state index contributed by atoms with van der Waals surface area (Å²) in [6, 6.07) is 7.64. The molecule has 3 heteroatoms. The van der Waals surface area contributed by atoms with E-state index in [1.165, 1.54) is 7.11 Å². The number of fused-ring (bicyclic) bond motifs is 1. The van der Waals surface area contributed by atoms with Gasteiger partial charge in [-0.25, -0.2) is 0 Å². The van der Waals surface area contributed by atoms with Crippen molar-refractivity contribution in [3.8, 4) is 0 Å². The lowest BCUT2D eigenvalue weighted by molar-refractivity contribution is -0.173. The van der Waals surface area contributed by atoms with Crippen molar-refractivity contribution < 1.29 is 14.6 Å². The van der Waals surface area contributed by atoms with Gasteiger partial charge in [-0.2, -0.15) is 0 Å². The first-order chi connectivity index (χ1) is 7.43. The number of carbonyl (C=O) groups excluding carboxylic acids is 1. The van der Waals surface area contributed by atoms with Crippen LogP contribution in [0.25, 0.3) is 0 Å². The van der Waals surface area contributed by atoms with Crippen LogP contribution in [0, 0.1) is 5.41 Å². The number of ether oxygens (including phenoxy) is 1. The third-order valence-electron chi connectivity index (χ3n) is 3.64. The summed E-state index contributed by atoms with van der Waals surface area (Å²) in [4.78, 5) is 11.7. The van der Waals surface area contributed by atoms with E-state index in [4.69, 9.17) is 4.74 Å². The first-order valence-corrected chi connectivity index (χ1v) is 5.32. The fraction of sp³-hybridized carbons (Fsp3) is 0.462. The van der Waals surface area contributed by atoms with Crippen molar-refractivity contribution in [2.45, 2.75) is 25.9 Å². The molecule has 1 aromatic rings. The topological polar surface area (TPSA) is 46.5 Å². The van der Waals surface area contributed by atoms with Crippen molar-refractivity contribution in [1.29, 1.82) is 0 Å². The zero-order valence-corrected chi connectivity index (χ0v) is 9.78. The fourth-order valence-corrected chi connectivity index (χ4v) is 2.32. The van der Waals surface area contributed by atoms with Gasteiger partial charge >= 0.3 is 5.97 Å². The SMILES string of the molecule is COC(=O)C(C)(C)C1(O)Cc2ccccc21. The second-order valence-electron chi connectivity index (χ2n) is 4.81. The van der Waals surface area contributed by atoms with Gasteiger partial charge in [0.15, 0.2) is 0 Å². The Labute approximate surface area is 95.0 Å². The van der Waals surface area contributed by atoms with Gasteiger partial charge in [0.1, 0.15) is 5.60 Å². The van der Waals surface area contributed by atoms with Crippen LogP contribution in [-0.2, 0) is 21.6 Å². The van der Waals surface area contributed by atoms with Crippen molar-refractivity contribution in [2.75, 3.05) is 7.11 Å². The minimum absolute atomic E-state index is 0.385. The quantitative estimate of drug-likeness (QED) is 0.770. The van der Waals surface area contributed by atoms with E-state index in [0.29, 0.717) is 6.42 Å². The smallest absolute Gasteiger partial charge is 0.314 e. The molecule has 2 rings (SSSR count). The molecule has 0 bridgehead atoms. The molecule has 0 saturated carbocycles. The van der Waals surface area contributed by atoms with Gasteiger partial charge < -0.3 is 9.84 Å². The largest absolute Gasteiger partial charge is 0.469 e. The van der Waals surface area contributed by atoms with Gasteiger partial charge in [-0.3, -0.25) is 4.79 Å². The summed E-state index contributed by atoms with van der Waals surface area (Å²) >= 11 is 0. The maximum atomic E-state index is 11.7. The van der Waals surface area contributed by atoms with E-state index in [1.54, 1.807) is 13.8 Å². The Hall–Kier alpha value is -1.35. The molecule has 0 spiro atoms. The van der Waals surface area contributed by atoms with Crippen LogP contribution in [0.5, 0.6) is 0 Å². The summed E-state index contributed by atoms with van der Waals surface area (Å²) in [5.74, 6) is -0.385. The molecule has 1 aliphatic carbocycles. The van der Waals surface area contributed by atoms with Crippen LogP contribution in [0.1, 0.15) is 25.0 Å². The van der Waals surface area contributed by atoms with E-state index in [0.717, 1.165) is 11.1 Å².